The lowest BCUT2D eigenvalue weighted by Crippen LogP contribution is -2.38. The van der Waals surface area contributed by atoms with E-state index in [9.17, 15) is 0 Å². The van der Waals surface area contributed by atoms with Crippen molar-refractivity contribution in [1.82, 2.24) is 0 Å². The number of hydrogen-bond acceptors (Lipinski definition) is 1. The zero-order valence-corrected chi connectivity index (χ0v) is 6.89. The van der Waals surface area contributed by atoms with Crippen LogP contribution in [-0.4, -0.2) is 6.04 Å². The lowest BCUT2D eigenvalue weighted by molar-refractivity contribution is 0.405. The molecule has 0 aromatic carbocycles. The van der Waals surface area contributed by atoms with Gasteiger partial charge in [0, 0.05) is 11.5 Å². The summed E-state index contributed by atoms with van der Waals surface area (Å²) in [5.74, 6) is 0. The molecule has 0 radical (unpaired) electrons. The van der Waals surface area contributed by atoms with Gasteiger partial charge in [0.05, 0.1) is 0 Å². The van der Waals surface area contributed by atoms with E-state index < -0.39 is 0 Å². The van der Waals surface area contributed by atoms with Crippen LogP contribution >= 0.6 is 0 Å². The highest BCUT2D eigenvalue weighted by Gasteiger charge is 2.25. The van der Waals surface area contributed by atoms with E-state index in [2.05, 4.69) is 39.0 Å². The third-order valence-corrected chi connectivity index (χ3v) is 2.18. The van der Waals surface area contributed by atoms with Gasteiger partial charge in [0.2, 0.25) is 0 Å². The van der Waals surface area contributed by atoms with Gasteiger partial charge in [-0.25, -0.2) is 0 Å². The Labute approximate surface area is 62.6 Å². The average molecular weight is 137 g/mol. The van der Waals surface area contributed by atoms with E-state index in [1.54, 1.807) is 0 Å². The number of allylic oxidation sites excluding steroid dienone is 2. The summed E-state index contributed by atoms with van der Waals surface area (Å²) in [6, 6.07) is 0.192. The molecule has 2 N–H and O–H groups in total. The first-order valence-electron chi connectivity index (χ1n) is 3.65. The Bertz CT molecular complexity index is 187. The lowest BCUT2D eigenvalue weighted by Gasteiger charge is -2.31. The molecule has 1 atom stereocenters. The fourth-order valence-corrected chi connectivity index (χ4v) is 1.24. The van der Waals surface area contributed by atoms with E-state index in [1.165, 1.54) is 5.57 Å². The molecule has 1 aliphatic rings. The molecule has 0 fully saturated rings. The van der Waals surface area contributed by atoms with Crippen LogP contribution in [0, 0.1) is 5.41 Å². The SMILES string of the molecule is CC1=CC=CC(C)(C)C1N. The molecule has 10 heavy (non-hydrogen) atoms. The van der Waals surface area contributed by atoms with Gasteiger partial charge in [0.25, 0.3) is 0 Å². The number of rotatable bonds is 0. The molecule has 0 saturated heterocycles. The molecule has 1 unspecified atom stereocenters. The van der Waals surface area contributed by atoms with Crippen LogP contribution in [-0.2, 0) is 0 Å². The quantitative estimate of drug-likeness (QED) is 0.542. The van der Waals surface area contributed by atoms with Gasteiger partial charge in [0.1, 0.15) is 0 Å². The maximum Gasteiger partial charge on any atom is 0.0341 e. The Morgan fingerprint density at radius 3 is 2.50 bits per heavy atom. The third-order valence-electron chi connectivity index (χ3n) is 2.18. The largest absolute Gasteiger partial charge is 0.324 e. The summed E-state index contributed by atoms with van der Waals surface area (Å²) in [5, 5.41) is 0. The molecule has 1 nitrogen and oxygen atoms in total. The highest BCUT2D eigenvalue weighted by Crippen LogP contribution is 2.28. The topological polar surface area (TPSA) is 26.0 Å². The fraction of sp³-hybridized carbons (Fsp3) is 0.556. The molecule has 1 heteroatoms. The van der Waals surface area contributed by atoms with Gasteiger partial charge < -0.3 is 5.73 Å². The molecular weight excluding hydrogens is 122 g/mol. The van der Waals surface area contributed by atoms with Crippen LogP contribution in [0.1, 0.15) is 20.8 Å². The molecule has 0 amide bonds. The normalized spacial score (nSPS) is 30.0. The van der Waals surface area contributed by atoms with Crippen molar-refractivity contribution in [2.45, 2.75) is 26.8 Å². The summed E-state index contributed by atoms with van der Waals surface area (Å²) in [6.07, 6.45) is 6.32. The van der Waals surface area contributed by atoms with Gasteiger partial charge >= 0.3 is 0 Å². The van der Waals surface area contributed by atoms with Gasteiger partial charge in [-0.05, 0) is 6.92 Å². The zero-order chi connectivity index (χ0) is 7.78. The Morgan fingerprint density at radius 2 is 2.10 bits per heavy atom. The van der Waals surface area contributed by atoms with Crippen molar-refractivity contribution >= 4 is 0 Å². The van der Waals surface area contributed by atoms with Crippen molar-refractivity contribution in [3.63, 3.8) is 0 Å². The van der Waals surface area contributed by atoms with Crippen LogP contribution in [0.15, 0.2) is 23.8 Å². The van der Waals surface area contributed by atoms with Crippen LogP contribution < -0.4 is 5.73 Å². The van der Waals surface area contributed by atoms with Crippen LogP contribution in [0.5, 0.6) is 0 Å². The van der Waals surface area contributed by atoms with Crippen LogP contribution in [0.3, 0.4) is 0 Å². The average Bonchev–Trinajstić information content (AvgIpc) is 1.83. The molecule has 1 rings (SSSR count). The highest BCUT2D eigenvalue weighted by atomic mass is 14.7. The molecule has 0 saturated carbocycles. The van der Waals surface area contributed by atoms with Gasteiger partial charge in [-0.3, -0.25) is 0 Å². The number of hydrogen-bond donors (Lipinski definition) is 1. The van der Waals surface area contributed by atoms with Gasteiger partial charge in [0.15, 0.2) is 0 Å². The second-order valence-corrected chi connectivity index (χ2v) is 3.57. The maximum absolute atomic E-state index is 5.94. The molecule has 0 spiro atoms. The van der Waals surface area contributed by atoms with Crippen molar-refractivity contribution < 1.29 is 0 Å². The highest BCUT2D eigenvalue weighted by molar-refractivity contribution is 5.27. The Kier molecular flexibility index (Phi) is 1.69. The third kappa shape index (κ3) is 1.14. The summed E-state index contributed by atoms with van der Waals surface area (Å²) in [5.41, 5.74) is 7.35. The summed E-state index contributed by atoms with van der Waals surface area (Å²) < 4.78 is 0. The Morgan fingerprint density at radius 1 is 1.50 bits per heavy atom. The van der Waals surface area contributed by atoms with E-state index in [1.807, 2.05) is 0 Å². The molecule has 0 bridgehead atoms. The number of nitrogens with two attached hydrogens (primary N) is 1. The molecule has 56 valence electrons. The Hall–Kier alpha value is -0.560. The second kappa shape index (κ2) is 2.24. The van der Waals surface area contributed by atoms with Gasteiger partial charge in [-0.15, -0.1) is 0 Å². The minimum Gasteiger partial charge on any atom is -0.324 e. The standard InChI is InChI=1S/C9H15N/c1-7-5-4-6-9(2,3)8(7)10/h4-6,8H,10H2,1-3H3. The summed E-state index contributed by atoms with van der Waals surface area (Å²) >= 11 is 0. The Balaban J connectivity index is 2.89. The zero-order valence-electron chi connectivity index (χ0n) is 6.89. The van der Waals surface area contributed by atoms with E-state index in [4.69, 9.17) is 5.73 Å². The lowest BCUT2D eigenvalue weighted by atomic mass is 9.78. The first-order valence-corrected chi connectivity index (χ1v) is 3.65. The van der Waals surface area contributed by atoms with Crippen molar-refractivity contribution in [1.29, 1.82) is 0 Å². The van der Waals surface area contributed by atoms with Crippen LogP contribution in [0.25, 0.3) is 0 Å². The summed E-state index contributed by atoms with van der Waals surface area (Å²) in [7, 11) is 0. The molecule has 0 aromatic heterocycles. The van der Waals surface area contributed by atoms with E-state index >= 15 is 0 Å². The minimum atomic E-state index is 0.138. The monoisotopic (exact) mass is 137 g/mol. The fourth-order valence-electron chi connectivity index (χ4n) is 1.24. The van der Waals surface area contributed by atoms with Gasteiger partial charge in [-0.1, -0.05) is 37.6 Å². The predicted octanol–water partition coefficient (Wildman–Crippen LogP) is 1.86. The molecule has 0 aliphatic heterocycles. The summed E-state index contributed by atoms with van der Waals surface area (Å²) in [6.45, 7) is 6.39. The molecular formula is C9H15N. The molecule has 1 aliphatic carbocycles. The molecule has 0 heterocycles. The second-order valence-electron chi connectivity index (χ2n) is 3.57. The minimum absolute atomic E-state index is 0.138. The first kappa shape index (κ1) is 7.55. The smallest absolute Gasteiger partial charge is 0.0341 e. The first-order chi connectivity index (χ1) is 4.54. The van der Waals surface area contributed by atoms with Crippen molar-refractivity contribution in [2.75, 3.05) is 0 Å². The van der Waals surface area contributed by atoms with E-state index in [-0.39, 0.29) is 11.5 Å². The predicted molar refractivity (Wildman–Crippen MR) is 44.7 cm³/mol. The van der Waals surface area contributed by atoms with E-state index in [0.717, 1.165) is 0 Å². The van der Waals surface area contributed by atoms with Crippen molar-refractivity contribution in [2.24, 2.45) is 11.1 Å². The summed E-state index contributed by atoms with van der Waals surface area (Å²) in [4.78, 5) is 0. The van der Waals surface area contributed by atoms with Crippen molar-refractivity contribution in [3.8, 4) is 0 Å². The molecule has 0 aromatic rings. The van der Waals surface area contributed by atoms with E-state index in [0.29, 0.717) is 0 Å². The maximum atomic E-state index is 5.94. The van der Waals surface area contributed by atoms with Crippen LogP contribution in [0.2, 0.25) is 0 Å². The van der Waals surface area contributed by atoms with Gasteiger partial charge in [-0.2, -0.15) is 0 Å². The van der Waals surface area contributed by atoms with Crippen LogP contribution in [0.4, 0.5) is 0 Å². The van der Waals surface area contributed by atoms with Crippen molar-refractivity contribution in [3.05, 3.63) is 23.8 Å².